The fraction of sp³-hybridized carbons (Fsp3) is 0.600. The average Bonchev–Trinajstić information content (AvgIpc) is 1.80. The highest BCUT2D eigenvalue weighted by Gasteiger charge is 1.95. The molecule has 0 fully saturated rings. The highest BCUT2D eigenvalue weighted by Crippen LogP contribution is 2.05. The van der Waals surface area contributed by atoms with E-state index in [0.29, 0.717) is 13.0 Å². The third-order valence-electron chi connectivity index (χ3n) is 0.716. The van der Waals surface area contributed by atoms with E-state index in [9.17, 15) is 0 Å². The molecule has 4 heteroatoms. The number of rotatable bonds is 5. The van der Waals surface area contributed by atoms with Crippen molar-refractivity contribution in [2.75, 3.05) is 6.61 Å². The zero-order valence-corrected chi connectivity index (χ0v) is 8.07. The summed E-state index contributed by atoms with van der Waals surface area (Å²) < 4.78 is 5.15. The molecule has 0 saturated heterocycles. The fourth-order valence-corrected chi connectivity index (χ4v) is 1.02. The predicted octanol–water partition coefficient (Wildman–Crippen LogP) is 1.42. The van der Waals surface area contributed by atoms with Gasteiger partial charge >= 0.3 is 0 Å². The van der Waals surface area contributed by atoms with Crippen LogP contribution in [0.1, 0.15) is 6.42 Å². The van der Waals surface area contributed by atoms with Crippen LogP contribution >= 0.6 is 23.2 Å². The minimum absolute atomic E-state index is 0.288. The van der Waals surface area contributed by atoms with Crippen molar-refractivity contribution in [2.24, 2.45) is 0 Å². The van der Waals surface area contributed by atoms with Gasteiger partial charge in [-0.1, -0.05) is 5.70 Å². The molecule has 0 bridgehead atoms. The zero-order valence-electron chi connectivity index (χ0n) is 5.15. The van der Waals surface area contributed by atoms with Gasteiger partial charge in [0.2, 0.25) is 0 Å². The molecule has 0 spiro atoms. The molecule has 0 N–H and O–H groups in total. The first-order valence-corrected chi connectivity index (χ1v) is 5.01. The van der Waals surface area contributed by atoms with Crippen molar-refractivity contribution in [3.8, 4) is 0 Å². The monoisotopic (exact) mass is 184 g/mol. The molecule has 1 nitrogen and oxygen atoms in total. The van der Waals surface area contributed by atoms with Gasteiger partial charge in [-0.25, -0.2) is 0 Å². The molecule has 9 heavy (non-hydrogen) atoms. The molecule has 0 heterocycles. The Labute approximate surface area is 67.9 Å². The summed E-state index contributed by atoms with van der Waals surface area (Å²) in [5, 5.41) is 0. The van der Waals surface area contributed by atoms with Gasteiger partial charge in [0.15, 0.2) is 9.76 Å². The third-order valence-corrected chi connectivity index (χ3v) is 1.91. The van der Waals surface area contributed by atoms with Crippen LogP contribution in [0.15, 0.2) is 12.3 Å². The van der Waals surface area contributed by atoms with Gasteiger partial charge < -0.3 is 4.43 Å². The van der Waals surface area contributed by atoms with Crippen LogP contribution < -0.4 is 0 Å². The van der Waals surface area contributed by atoms with Gasteiger partial charge in [0.1, 0.15) is 4.84 Å². The average molecular weight is 185 g/mol. The van der Waals surface area contributed by atoms with Gasteiger partial charge in [-0.05, 0) is 6.42 Å². The first-order chi connectivity index (χ1) is 4.27. The van der Waals surface area contributed by atoms with Gasteiger partial charge in [0.05, 0.1) is 0 Å². The number of alkyl halides is 2. The lowest BCUT2D eigenvalue weighted by Gasteiger charge is -1.99. The van der Waals surface area contributed by atoms with Crippen LogP contribution in [-0.4, -0.2) is 21.2 Å². The Kier molecular flexibility index (Phi) is 6.98. The van der Waals surface area contributed by atoms with Crippen LogP contribution in [0.2, 0.25) is 0 Å². The van der Waals surface area contributed by atoms with Crippen molar-refractivity contribution in [1.82, 2.24) is 0 Å². The molecule has 0 atom stereocenters. The fourth-order valence-electron chi connectivity index (χ4n) is 0.339. The second kappa shape index (κ2) is 6.61. The van der Waals surface area contributed by atoms with E-state index in [-0.39, 0.29) is 4.84 Å². The maximum Gasteiger partial charge on any atom is 0.184 e. The minimum Gasteiger partial charge on any atom is -0.419 e. The molecule has 0 aromatic rings. The quantitative estimate of drug-likeness (QED) is 0.357. The molecule has 0 saturated carbocycles. The Morgan fingerprint density at radius 1 is 1.67 bits per heavy atom. The smallest absolute Gasteiger partial charge is 0.184 e. The standard InChI is InChI=1S/C5H10Cl2OSi/c1-2-9-8-4-3-5(6)7/h2,5H,1,3-4,9H2. The zero-order chi connectivity index (χ0) is 7.11. The molecule has 0 unspecified atom stereocenters. The van der Waals surface area contributed by atoms with Gasteiger partial charge in [0, 0.05) is 6.61 Å². The highest BCUT2D eigenvalue weighted by atomic mass is 35.5. The number of hydrogen-bond donors (Lipinski definition) is 0. The summed E-state index contributed by atoms with van der Waals surface area (Å²) in [6.07, 6.45) is 0.712. The van der Waals surface area contributed by atoms with Crippen molar-refractivity contribution in [2.45, 2.75) is 11.3 Å². The molecule has 0 radical (unpaired) electrons. The third kappa shape index (κ3) is 8.50. The molecule has 0 rings (SSSR count). The molecule has 0 aliphatic heterocycles. The first-order valence-electron chi connectivity index (χ1n) is 2.74. The van der Waals surface area contributed by atoms with E-state index in [2.05, 4.69) is 6.58 Å². The lowest BCUT2D eigenvalue weighted by Crippen LogP contribution is -2.00. The van der Waals surface area contributed by atoms with E-state index in [0.717, 1.165) is 0 Å². The van der Waals surface area contributed by atoms with E-state index >= 15 is 0 Å². The van der Waals surface area contributed by atoms with Crippen molar-refractivity contribution in [3.63, 3.8) is 0 Å². The molecule has 0 amide bonds. The van der Waals surface area contributed by atoms with Crippen molar-refractivity contribution in [3.05, 3.63) is 12.3 Å². The molecule has 54 valence electrons. The summed E-state index contributed by atoms with van der Waals surface area (Å²) in [5.74, 6) is 0. The van der Waals surface area contributed by atoms with E-state index in [1.165, 1.54) is 0 Å². The van der Waals surface area contributed by atoms with E-state index in [4.69, 9.17) is 27.6 Å². The second-order valence-electron chi connectivity index (χ2n) is 1.54. The Hall–Kier alpha value is 0.497. The molecule has 0 aromatic carbocycles. The molecular weight excluding hydrogens is 175 g/mol. The number of hydrogen-bond acceptors (Lipinski definition) is 1. The van der Waals surface area contributed by atoms with Gasteiger partial charge in [-0.15, -0.1) is 29.8 Å². The summed E-state index contributed by atoms with van der Waals surface area (Å²) in [4.78, 5) is -0.288. The SMILES string of the molecule is C=C[SiH2]OCCC(Cl)Cl. The van der Waals surface area contributed by atoms with Gasteiger partial charge in [-0.2, -0.15) is 0 Å². The second-order valence-corrected chi connectivity index (χ2v) is 4.14. The number of halogens is 2. The lowest BCUT2D eigenvalue weighted by atomic mass is 10.5. The first kappa shape index (κ1) is 9.50. The molecule has 0 aliphatic carbocycles. The Morgan fingerprint density at radius 3 is 2.78 bits per heavy atom. The molecule has 0 aromatic heterocycles. The Morgan fingerprint density at radius 2 is 2.33 bits per heavy atom. The van der Waals surface area contributed by atoms with Crippen LogP contribution in [0.5, 0.6) is 0 Å². The van der Waals surface area contributed by atoms with Crippen LogP contribution in [0.4, 0.5) is 0 Å². The van der Waals surface area contributed by atoms with E-state index in [1.807, 2.05) is 5.70 Å². The van der Waals surface area contributed by atoms with Gasteiger partial charge in [0.25, 0.3) is 0 Å². The van der Waals surface area contributed by atoms with E-state index < -0.39 is 9.76 Å². The predicted molar refractivity (Wildman–Crippen MR) is 44.8 cm³/mol. The lowest BCUT2D eigenvalue weighted by molar-refractivity contribution is 0.339. The van der Waals surface area contributed by atoms with Crippen molar-refractivity contribution >= 4 is 33.0 Å². The minimum atomic E-state index is -0.475. The summed E-state index contributed by atoms with van der Waals surface area (Å²) >= 11 is 10.9. The maximum atomic E-state index is 5.43. The largest absolute Gasteiger partial charge is 0.419 e. The van der Waals surface area contributed by atoms with Crippen LogP contribution in [0.25, 0.3) is 0 Å². The highest BCUT2D eigenvalue weighted by molar-refractivity contribution is 6.44. The van der Waals surface area contributed by atoms with Crippen molar-refractivity contribution < 1.29 is 4.43 Å². The van der Waals surface area contributed by atoms with E-state index in [1.54, 1.807) is 0 Å². The topological polar surface area (TPSA) is 9.23 Å². The Bertz CT molecular complexity index is 77.4. The van der Waals surface area contributed by atoms with Gasteiger partial charge in [-0.3, -0.25) is 0 Å². The van der Waals surface area contributed by atoms with Crippen LogP contribution in [-0.2, 0) is 4.43 Å². The Balaban J connectivity index is 2.82. The maximum absolute atomic E-state index is 5.43. The van der Waals surface area contributed by atoms with Crippen molar-refractivity contribution in [1.29, 1.82) is 0 Å². The normalized spacial score (nSPS) is 11.4. The van der Waals surface area contributed by atoms with Crippen LogP contribution in [0, 0.1) is 0 Å². The summed E-state index contributed by atoms with van der Waals surface area (Å²) in [6, 6.07) is 0. The summed E-state index contributed by atoms with van der Waals surface area (Å²) in [5.41, 5.74) is 1.83. The van der Waals surface area contributed by atoms with Crippen LogP contribution in [0.3, 0.4) is 0 Å². The molecular formula is C5H10Cl2OSi. The summed E-state index contributed by atoms with van der Waals surface area (Å²) in [7, 11) is -0.475. The summed E-state index contributed by atoms with van der Waals surface area (Å²) in [6.45, 7) is 4.21. The molecule has 0 aliphatic rings.